The standard InChI is InChI=1S/C19H23F2N3O2/c20-13-5-6-14(15(21)9-13)17-11-23-19(26-17)8-7-18(25)24-16-4-2-1-3-12(16)10-22/h5-6,9,11-12,16H,1-4,7-8,10,22H2,(H,24,25). The lowest BCUT2D eigenvalue weighted by molar-refractivity contribution is -0.122. The van der Waals surface area contributed by atoms with Gasteiger partial charge in [0.2, 0.25) is 5.91 Å². The summed E-state index contributed by atoms with van der Waals surface area (Å²) in [7, 11) is 0. The van der Waals surface area contributed by atoms with E-state index in [9.17, 15) is 13.6 Å². The zero-order chi connectivity index (χ0) is 18.5. The maximum atomic E-state index is 13.8. The molecule has 1 heterocycles. The van der Waals surface area contributed by atoms with Gasteiger partial charge >= 0.3 is 0 Å². The van der Waals surface area contributed by atoms with E-state index in [4.69, 9.17) is 10.2 Å². The minimum absolute atomic E-state index is 0.0666. The lowest BCUT2D eigenvalue weighted by atomic mass is 9.84. The van der Waals surface area contributed by atoms with E-state index < -0.39 is 11.6 Å². The summed E-state index contributed by atoms with van der Waals surface area (Å²) in [4.78, 5) is 16.3. The average molecular weight is 363 g/mol. The predicted molar refractivity (Wildman–Crippen MR) is 93.1 cm³/mol. The van der Waals surface area contributed by atoms with Crippen molar-refractivity contribution in [2.24, 2.45) is 11.7 Å². The highest BCUT2D eigenvalue weighted by molar-refractivity contribution is 5.76. The van der Waals surface area contributed by atoms with Crippen molar-refractivity contribution in [2.45, 2.75) is 44.6 Å². The molecule has 1 saturated carbocycles. The number of nitrogens with one attached hydrogen (secondary N) is 1. The number of rotatable bonds is 6. The first kappa shape index (κ1) is 18.5. The van der Waals surface area contributed by atoms with Crippen molar-refractivity contribution in [3.05, 3.63) is 41.9 Å². The summed E-state index contributed by atoms with van der Waals surface area (Å²) < 4.78 is 32.3. The molecule has 3 N–H and O–H groups in total. The van der Waals surface area contributed by atoms with Gasteiger partial charge in [0.1, 0.15) is 11.6 Å². The largest absolute Gasteiger partial charge is 0.441 e. The summed E-state index contributed by atoms with van der Waals surface area (Å²) in [6, 6.07) is 3.39. The first-order chi connectivity index (χ1) is 12.6. The molecule has 0 radical (unpaired) electrons. The summed E-state index contributed by atoms with van der Waals surface area (Å²) in [5.74, 6) is -0.534. The number of carbonyl (C=O) groups excluding carboxylic acids is 1. The van der Waals surface area contributed by atoms with Crippen LogP contribution in [0.25, 0.3) is 11.3 Å². The number of aromatic nitrogens is 1. The number of halogens is 2. The zero-order valence-corrected chi connectivity index (χ0v) is 14.5. The number of nitrogens with two attached hydrogens (primary N) is 1. The molecule has 2 atom stereocenters. The van der Waals surface area contributed by atoms with Crippen LogP contribution in [-0.2, 0) is 11.2 Å². The van der Waals surface area contributed by atoms with Crippen molar-refractivity contribution < 1.29 is 18.0 Å². The average Bonchev–Trinajstić information content (AvgIpc) is 3.09. The Labute approximate surface area is 151 Å². The lowest BCUT2D eigenvalue weighted by Crippen LogP contribution is -2.44. The molecular formula is C19H23F2N3O2. The van der Waals surface area contributed by atoms with Crippen LogP contribution in [0.5, 0.6) is 0 Å². The molecule has 2 unspecified atom stereocenters. The molecule has 3 rings (SSSR count). The Morgan fingerprint density at radius 1 is 1.31 bits per heavy atom. The fourth-order valence-corrected chi connectivity index (χ4v) is 3.42. The third-order valence-electron chi connectivity index (χ3n) is 4.87. The van der Waals surface area contributed by atoms with Gasteiger partial charge in [0.15, 0.2) is 11.7 Å². The second-order valence-electron chi connectivity index (χ2n) is 6.70. The lowest BCUT2D eigenvalue weighted by Gasteiger charge is -2.31. The van der Waals surface area contributed by atoms with E-state index in [1.165, 1.54) is 12.3 Å². The van der Waals surface area contributed by atoms with Crippen LogP contribution in [0.4, 0.5) is 8.78 Å². The van der Waals surface area contributed by atoms with E-state index in [0.717, 1.165) is 37.8 Å². The zero-order valence-electron chi connectivity index (χ0n) is 14.5. The molecule has 1 aromatic heterocycles. The van der Waals surface area contributed by atoms with Gasteiger partial charge in [-0.2, -0.15) is 0 Å². The molecule has 1 fully saturated rings. The highest BCUT2D eigenvalue weighted by Crippen LogP contribution is 2.25. The van der Waals surface area contributed by atoms with E-state index >= 15 is 0 Å². The molecule has 26 heavy (non-hydrogen) atoms. The van der Waals surface area contributed by atoms with Crippen molar-refractivity contribution in [3.8, 4) is 11.3 Å². The molecule has 1 aromatic carbocycles. The van der Waals surface area contributed by atoms with E-state index in [2.05, 4.69) is 10.3 Å². The molecule has 140 valence electrons. The minimum Gasteiger partial charge on any atom is -0.441 e. The minimum atomic E-state index is -0.712. The number of hydrogen-bond donors (Lipinski definition) is 2. The van der Waals surface area contributed by atoms with E-state index in [1.54, 1.807) is 0 Å². The van der Waals surface area contributed by atoms with E-state index in [-0.39, 0.29) is 29.7 Å². The second-order valence-corrected chi connectivity index (χ2v) is 6.70. The first-order valence-electron chi connectivity index (χ1n) is 8.96. The number of oxazole rings is 1. The number of amides is 1. The Kier molecular flexibility index (Phi) is 5.98. The predicted octanol–water partition coefficient (Wildman–Crippen LogP) is 3.19. The van der Waals surface area contributed by atoms with Crippen molar-refractivity contribution >= 4 is 5.91 Å². The van der Waals surface area contributed by atoms with Gasteiger partial charge in [-0.1, -0.05) is 12.8 Å². The smallest absolute Gasteiger partial charge is 0.220 e. The molecule has 2 aromatic rings. The van der Waals surface area contributed by atoms with Gasteiger partial charge in [0, 0.05) is 24.9 Å². The van der Waals surface area contributed by atoms with Crippen molar-refractivity contribution in [1.29, 1.82) is 0 Å². The highest BCUT2D eigenvalue weighted by atomic mass is 19.1. The maximum absolute atomic E-state index is 13.8. The summed E-state index contributed by atoms with van der Waals surface area (Å²) in [6.45, 7) is 0.581. The topological polar surface area (TPSA) is 81.1 Å². The Morgan fingerprint density at radius 2 is 2.12 bits per heavy atom. The molecular weight excluding hydrogens is 340 g/mol. The number of aryl methyl sites for hydroxylation is 1. The van der Waals surface area contributed by atoms with Gasteiger partial charge < -0.3 is 15.5 Å². The van der Waals surface area contributed by atoms with Crippen LogP contribution in [0, 0.1) is 17.6 Å². The summed E-state index contributed by atoms with van der Waals surface area (Å²) in [5.41, 5.74) is 5.92. The second kappa shape index (κ2) is 8.40. The van der Waals surface area contributed by atoms with Gasteiger partial charge in [0.05, 0.1) is 11.8 Å². The number of hydrogen-bond acceptors (Lipinski definition) is 4. The SMILES string of the molecule is NCC1CCCCC1NC(=O)CCc1ncc(-c2ccc(F)cc2F)o1. The normalized spacial score (nSPS) is 20.1. The molecule has 7 heteroatoms. The molecule has 0 saturated heterocycles. The van der Waals surface area contributed by atoms with E-state index in [1.807, 2.05) is 0 Å². The highest BCUT2D eigenvalue weighted by Gasteiger charge is 2.25. The van der Waals surface area contributed by atoms with Crippen LogP contribution in [-0.4, -0.2) is 23.5 Å². The number of nitrogens with zero attached hydrogens (tertiary/aromatic N) is 1. The van der Waals surface area contributed by atoms with E-state index in [0.29, 0.717) is 24.8 Å². The Balaban J connectivity index is 1.55. The van der Waals surface area contributed by atoms with Crippen molar-refractivity contribution in [3.63, 3.8) is 0 Å². The van der Waals surface area contributed by atoms with Gasteiger partial charge in [0.25, 0.3) is 0 Å². The van der Waals surface area contributed by atoms with Gasteiger partial charge in [-0.25, -0.2) is 13.8 Å². The fraction of sp³-hybridized carbons (Fsp3) is 0.474. The molecule has 1 aliphatic carbocycles. The maximum Gasteiger partial charge on any atom is 0.220 e. The van der Waals surface area contributed by atoms with Crippen LogP contribution in [0.3, 0.4) is 0 Å². The quantitative estimate of drug-likeness (QED) is 0.826. The molecule has 0 bridgehead atoms. The molecule has 1 aliphatic rings. The van der Waals surface area contributed by atoms with Gasteiger partial charge in [-0.15, -0.1) is 0 Å². The Morgan fingerprint density at radius 3 is 2.88 bits per heavy atom. The fourth-order valence-electron chi connectivity index (χ4n) is 3.42. The summed E-state index contributed by atoms with van der Waals surface area (Å²) in [6.07, 6.45) is 6.21. The molecule has 1 amide bonds. The molecule has 0 aliphatic heterocycles. The van der Waals surface area contributed by atoms with Gasteiger partial charge in [-0.3, -0.25) is 4.79 Å². The van der Waals surface area contributed by atoms with Crippen LogP contribution >= 0.6 is 0 Å². The molecule has 5 nitrogen and oxygen atoms in total. The van der Waals surface area contributed by atoms with Crippen LogP contribution in [0.15, 0.2) is 28.8 Å². The summed E-state index contributed by atoms with van der Waals surface area (Å²) in [5, 5.41) is 3.05. The van der Waals surface area contributed by atoms with Crippen LogP contribution < -0.4 is 11.1 Å². The third-order valence-corrected chi connectivity index (χ3v) is 4.87. The number of carbonyl (C=O) groups is 1. The van der Waals surface area contributed by atoms with Crippen LogP contribution in [0.2, 0.25) is 0 Å². The van der Waals surface area contributed by atoms with Crippen LogP contribution in [0.1, 0.15) is 38.0 Å². The van der Waals surface area contributed by atoms with Gasteiger partial charge in [-0.05, 0) is 37.4 Å². The first-order valence-corrected chi connectivity index (χ1v) is 8.96. The van der Waals surface area contributed by atoms with Crippen molar-refractivity contribution in [2.75, 3.05) is 6.54 Å². The Hall–Kier alpha value is -2.28. The third kappa shape index (κ3) is 4.46. The Bertz CT molecular complexity index is 763. The number of benzene rings is 1. The molecule has 0 spiro atoms. The van der Waals surface area contributed by atoms with Crippen molar-refractivity contribution in [1.82, 2.24) is 10.3 Å². The monoisotopic (exact) mass is 363 g/mol. The summed E-state index contributed by atoms with van der Waals surface area (Å²) >= 11 is 0.